The zero-order chi connectivity index (χ0) is 19.6. The summed E-state index contributed by atoms with van der Waals surface area (Å²) >= 11 is 0. The molecule has 1 atom stereocenters. The minimum atomic E-state index is -0.638. The van der Waals surface area contributed by atoms with Gasteiger partial charge < -0.3 is 4.74 Å². The Balaban J connectivity index is 1.68. The van der Waals surface area contributed by atoms with Crippen molar-refractivity contribution in [2.45, 2.75) is 52.2 Å². The lowest BCUT2D eigenvalue weighted by Crippen LogP contribution is -2.30. The lowest BCUT2D eigenvalue weighted by molar-refractivity contribution is -0.386. The van der Waals surface area contributed by atoms with Crippen molar-refractivity contribution in [1.82, 2.24) is 9.78 Å². The highest BCUT2D eigenvalue weighted by Gasteiger charge is 2.26. The highest BCUT2D eigenvalue weighted by molar-refractivity contribution is 5.93. The molecule has 0 spiro atoms. The van der Waals surface area contributed by atoms with Gasteiger partial charge in [-0.1, -0.05) is 12.1 Å². The Morgan fingerprint density at radius 1 is 1.30 bits per heavy atom. The minimum absolute atomic E-state index is 0.0164. The van der Waals surface area contributed by atoms with E-state index in [0.717, 1.165) is 18.4 Å². The Kier molecular flexibility index (Phi) is 5.34. The second-order valence-corrected chi connectivity index (χ2v) is 6.74. The third kappa shape index (κ3) is 4.05. The van der Waals surface area contributed by atoms with Crippen molar-refractivity contribution in [1.29, 1.82) is 0 Å². The number of rotatable bonds is 5. The van der Waals surface area contributed by atoms with E-state index in [2.05, 4.69) is 5.10 Å². The number of nitrogens with zero attached hydrogens (tertiary/aromatic N) is 3. The van der Waals surface area contributed by atoms with Crippen LogP contribution in [-0.4, -0.2) is 32.6 Å². The molecule has 1 saturated carbocycles. The molecule has 8 heteroatoms. The zero-order valence-electron chi connectivity index (χ0n) is 15.3. The second kappa shape index (κ2) is 7.69. The van der Waals surface area contributed by atoms with E-state index in [-0.39, 0.29) is 11.5 Å². The van der Waals surface area contributed by atoms with Crippen molar-refractivity contribution >= 4 is 17.4 Å². The fraction of sp³-hybridized carbons (Fsp3) is 0.421. The first-order valence-corrected chi connectivity index (χ1v) is 8.88. The molecular weight excluding hydrogens is 350 g/mol. The van der Waals surface area contributed by atoms with Crippen molar-refractivity contribution < 1.29 is 19.2 Å². The van der Waals surface area contributed by atoms with Crippen molar-refractivity contribution in [3.63, 3.8) is 0 Å². The summed E-state index contributed by atoms with van der Waals surface area (Å²) in [7, 11) is 0. The molecule has 2 aromatic rings. The summed E-state index contributed by atoms with van der Waals surface area (Å²) in [6.45, 7) is 3.62. The van der Waals surface area contributed by atoms with Gasteiger partial charge in [0.15, 0.2) is 11.9 Å². The minimum Gasteiger partial charge on any atom is -0.451 e. The molecule has 0 bridgehead atoms. The topological polar surface area (TPSA) is 104 Å². The van der Waals surface area contributed by atoms with Crippen LogP contribution in [0.3, 0.4) is 0 Å². The Bertz CT molecular complexity index is 885. The first kappa shape index (κ1) is 18.8. The fourth-order valence-corrected chi connectivity index (χ4v) is 3.30. The molecule has 27 heavy (non-hydrogen) atoms. The van der Waals surface area contributed by atoms with Gasteiger partial charge in [0, 0.05) is 6.42 Å². The molecule has 0 saturated heterocycles. The Morgan fingerprint density at radius 3 is 2.59 bits per heavy atom. The van der Waals surface area contributed by atoms with Gasteiger partial charge >= 0.3 is 11.7 Å². The molecule has 8 nitrogen and oxygen atoms in total. The van der Waals surface area contributed by atoms with E-state index < -0.39 is 17.0 Å². The monoisotopic (exact) mass is 371 g/mol. The number of aromatic nitrogens is 2. The van der Waals surface area contributed by atoms with Gasteiger partial charge in [0.25, 0.3) is 0 Å². The molecule has 1 aliphatic carbocycles. The molecule has 0 aliphatic heterocycles. The van der Waals surface area contributed by atoms with Gasteiger partial charge in [-0.05, 0) is 50.8 Å². The van der Waals surface area contributed by atoms with Gasteiger partial charge in [-0.25, -0.2) is 4.79 Å². The first-order valence-electron chi connectivity index (χ1n) is 8.88. The molecule has 1 aromatic heterocycles. The second-order valence-electron chi connectivity index (χ2n) is 6.74. The maximum absolute atomic E-state index is 12.2. The van der Waals surface area contributed by atoms with E-state index in [1.807, 2.05) is 0 Å². The first-order chi connectivity index (χ1) is 12.9. The van der Waals surface area contributed by atoms with Crippen LogP contribution < -0.4 is 0 Å². The van der Waals surface area contributed by atoms with E-state index in [0.29, 0.717) is 36.3 Å². The molecule has 0 amide bonds. The van der Waals surface area contributed by atoms with Crippen LogP contribution in [0, 0.1) is 24.0 Å². The summed E-state index contributed by atoms with van der Waals surface area (Å²) in [5, 5.41) is 15.3. The molecule has 0 N–H and O–H groups in total. The molecule has 1 aromatic carbocycles. The van der Waals surface area contributed by atoms with Crippen LogP contribution in [0.4, 0.5) is 5.69 Å². The van der Waals surface area contributed by atoms with Crippen molar-refractivity contribution in [2.75, 3.05) is 0 Å². The van der Waals surface area contributed by atoms with Crippen LogP contribution in [0.15, 0.2) is 24.3 Å². The van der Waals surface area contributed by atoms with Gasteiger partial charge in [0.05, 0.1) is 17.0 Å². The molecule has 1 heterocycles. The molecule has 0 radical (unpaired) electrons. The Hall–Kier alpha value is -3.03. The highest BCUT2D eigenvalue weighted by atomic mass is 16.6. The van der Waals surface area contributed by atoms with E-state index in [1.54, 1.807) is 42.8 Å². The standard InChI is InChI=1S/C19H21N3O5/c1-12-18(22(25)26)13(2)21(20-12)11-14-7-9-15(10-8-14)19(24)27-17-6-4-3-5-16(17)23/h7-10,17H,3-6,11H2,1-2H3/t17-/m1/s1. The number of carbonyl (C=O) groups excluding carboxylic acids is 2. The lowest BCUT2D eigenvalue weighted by atomic mass is 9.96. The van der Waals surface area contributed by atoms with Crippen LogP contribution in [0.25, 0.3) is 0 Å². The normalized spacial score (nSPS) is 17.0. The molecule has 3 rings (SSSR count). The largest absolute Gasteiger partial charge is 0.451 e. The number of ketones is 1. The summed E-state index contributed by atoms with van der Waals surface area (Å²) in [6.07, 6.45) is 2.15. The molecule has 142 valence electrons. The number of esters is 1. The summed E-state index contributed by atoms with van der Waals surface area (Å²) in [5.41, 5.74) is 2.09. The molecule has 1 fully saturated rings. The Morgan fingerprint density at radius 2 is 2.00 bits per heavy atom. The predicted molar refractivity (Wildman–Crippen MR) is 96.6 cm³/mol. The quantitative estimate of drug-likeness (QED) is 0.454. The van der Waals surface area contributed by atoms with Gasteiger partial charge in [-0.3, -0.25) is 19.6 Å². The lowest BCUT2D eigenvalue weighted by Gasteiger charge is -2.20. The van der Waals surface area contributed by atoms with E-state index in [4.69, 9.17) is 4.74 Å². The van der Waals surface area contributed by atoms with Crippen LogP contribution in [-0.2, 0) is 16.1 Å². The number of Topliss-reactive ketones (excluding diaryl/α,β-unsaturated/α-hetero) is 1. The summed E-state index contributed by atoms with van der Waals surface area (Å²) in [4.78, 5) is 34.7. The van der Waals surface area contributed by atoms with Gasteiger partial charge in [-0.2, -0.15) is 5.10 Å². The van der Waals surface area contributed by atoms with Gasteiger partial charge in [0.1, 0.15) is 11.4 Å². The average molecular weight is 371 g/mol. The van der Waals surface area contributed by atoms with Crippen molar-refractivity contribution in [2.24, 2.45) is 0 Å². The van der Waals surface area contributed by atoms with Gasteiger partial charge in [-0.15, -0.1) is 0 Å². The van der Waals surface area contributed by atoms with E-state index >= 15 is 0 Å². The van der Waals surface area contributed by atoms with Crippen LogP contribution in [0.5, 0.6) is 0 Å². The number of hydrogen-bond donors (Lipinski definition) is 0. The van der Waals surface area contributed by atoms with Crippen LogP contribution in [0.2, 0.25) is 0 Å². The maximum atomic E-state index is 12.2. The number of hydrogen-bond acceptors (Lipinski definition) is 6. The van der Waals surface area contributed by atoms with Crippen LogP contribution in [0.1, 0.15) is 53.0 Å². The smallest absolute Gasteiger partial charge is 0.338 e. The molecule has 0 unspecified atom stereocenters. The van der Waals surface area contributed by atoms with Crippen molar-refractivity contribution in [3.8, 4) is 0 Å². The number of carbonyl (C=O) groups is 2. The molecule has 1 aliphatic rings. The number of nitro groups is 1. The number of benzene rings is 1. The van der Waals surface area contributed by atoms with E-state index in [9.17, 15) is 19.7 Å². The number of ether oxygens (including phenoxy) is 1. The summed E-state index contributed by atoms with van der Waals surface area (Å²) < 4.78 is 6.90. The average Bonchev–Trinajstić information content (AvgIpc) is 2.91. The third-order valence-electron chi connectivity index (χ3n) is 4.80. The van der Waals surface area contributed by atoms with Crippen molar-refractivity contribution in [3.05, 3.63) is 56.9 Å². The zero-order valence-corrected chi connectivity index (χ0v) is 15.3. The number of aryl methyl sites for hydroxylation is 1. The maximum Gasteiger partial charge on any atom is 0.338 e. The molecular formula is C19H21N3O5. The van der Waals surface area contributed by atoms with E-state index in [1.165, 1.54) is 0 Å². The summed E-state index contributed by atoms with van der Waals surface area (Å²) in [5.74, 6) is -0.527. The van der Waals surface area contributed by atoms with Gasteiger partial charge in [0.2, 0.25) is 0 Å². The summed E-state index contributed by atoms with van der Waals surface area (Å²) in [6, 6.07) is 6.76. The fourth-order valence-electron chi connectivity index (χ4n) is 3.30. The Labute approximate surface area is 156 Å². The van der Waals surface area contributed by atoms with Crippen LogP contribution >= 0.6 is 0 Å². The SMILES string of the molecule is Cc1nn(Cc2ccc(C(=O)O[C@@H]3CCCCC3=O)cc2)c(C)c1[N+](=O)[O-]. The third-order valence-corrected chi connectivity index (χ3v) is 4.80. The highest BCUT2D eigenvalue weighted by Crippen LogP contribution is 2.23. The predicted octanol–water partition coefficient (Wildman–Crippen LogP) is 3.12.